The van der Waals surface area contributed by atoms with Gasteiger partial charge in [0.2, 0.25) is 0 Å². The van der Waals surface area contributed by atoms with Crippen molar-refractivity contribution in [1.29, 1.82) is 0 Å². The van der Waals surface area contributed by atoms with Crippen molar-refractivity contribution in [1.82, 2.24) is 0 Å². The van der Waals surface area contributed by atoms with Crippen LogP contribution in [0.5, 0.6) is 0 Å². The lowest BCUT2D eigenvalue weighted by Crippen LogP contribution is -2.58. The summed E-state index contributed by atoms with van der Waals surface area (Å²) in [5.41, 5.74) is -0.967. The number of fused-ring (bicyclic) bond motifs is 4. The minimum Gasteiger partial charge on any atom is -0.463 e. The fourth-order valence-corrected chi connectivity index (χ4v) is 7.12. The highest BCUT2D eigenvalue weighted by Gasteiger charge is 2.68. The third kappa shape index (κ3) is 1.65. The van der Waals surface area contributed by atoms with Crippen LogP contribution in [0.1, 0.15) is 58.3 Å². The lowest BCUT2D eigenvalue weighted by molar-refractivity contribution is -0.175. The lowest BCUT2D eigenvalue weighted by atomic mass is 9.47. The van der Waals surface area contributed by atoms with Crippen LogP contribution in [-0.4, -0.2) is 35.4 Å². The van der Waals surface area contributed by atoms with Gasteiger partial charge in [-0.25, -0.2) is 4.79 Å². The molecule has 132 valence electrons. The van der Waals surface area contributed by atoms with Gasteiger partial charge < -0.3 is 14.6 Å². The van der Waals surface area contributed by atoms with Crippen molar-refractivity contribution < 1.29 is 24.2 Å². The fraction of sp³-hybridized carbons (Fsp3) is 0.895. The number of rotatable bonds is 0. The Morgan fingerprint density at radius 1 is 1.08 bits per heavy atom. The minimum atomic E-state index is -0.973. The zero-order valence-corrected chi connectivity index (χ0v) is 14.3. The molecule has 1 N–H and O–H groups in total. The van der Waals surface area contributed by atoms with E-state index in [2.05, 4.69) is 6.92 Å². The van der Waals surface area contributed by atoms with Gasteiger partial charge in [0.15, 0.2) is 6.10 Å². The van der Waals surface area contributed by atoms with E-state index in [1.54, 1.807) is 0 Å². The van der Waals surface area contributed by atoms with E-state index in [-0.39, 0.29) is 17.0 Å². The molecule has 2 spiro atoms. The average molecular weight is 334 g/mol. The second kappa shape index (κ2) is 4.54. The monoisotopic (exact) mass is 334 g/mol. The zero-order chi connectivity index (χ0) is 16.7. The highest BCUT2D eigenvalue weighted by Crippen LogP contribution is 2.65. The molecule has 5 aliphatic rings. The quantitative estimate of drug-likeness (QED) is 0.688. The van der Waals surface area contributed by atoms with E-state index in [0.29, 0.717) is 24.4 Å². The van der Waals surface area contributed by atoms with E-state index in [1.807, 2.05) is 0 Å². The summed E-state index contributed by atoms with van der Waals surface area (Å²) < 4.78 is 11.3. The number of cyclic esters (lactones) is 1. The Morgan fingerprint density at radius 3 is 2.62 bits per heavy atom. The van der Waals surface area contributed by atoms with Gasteiger partial charge in [0, 0.05) is 17.8 Å². The number of carbonyl (C=O) groups is 2. The molecule has 0 aromatic rings. The van der Waals surface area contributed by atoms with Crippen molar-refractivity contribution in [3.63, 3.8) is 0 Å². The molecule has 2 heterocycles. The van der Waals surface area contributed by atoms with Gasteiger partial charge >= 0.3 is 11.9 Å². The van der Waals surface area contributed by atoms with Gasteiger partial charge in [-0.2, -0.15) is 0 Å². The first-order valence-electron chi connectivity index (χ1n) is 9.48. The maximum absolute atomic E-state index is 12.4. The molecular formula is C19H26O5. The third-order valence-corrected chi connectivity index (χ3v) is 8.24. The Bertz CT molecular complexity index is 617. The van der Waals surface area contributed by atoms with E-state index >= 15 is 0 Å². The van der Waals surface area contributed by atoms with Crippen molar-refractivity contribution in [2.75, 3.05) is 6.61 Å². The second-order valence-corrected chi connectivity index (χ2v) is 9.28. The van der Waals surface area contributed by atoms with E-state index in [0.717, 1.165) is 51.4 Å². The van der Waals surface area contributed by atoms with Crippen molar-refractivity contribution in [3.8, 4) is 0 Å². The standard InChI is InChI=1S/C19H26O5/c1-17-7-4-13-11-3-2-6-18(10-23-15(21)14(18)20)12(11)5-8-19(13,9-17)24-16(17)22/h11-14,20H,2-10H2,1H3. The summed E-state index contributed by atoms with van der Waals surface area (Å²) in [6.45, 7) is 2.42. The lowest BCUT2D eigenvalue weighted by Gasteiger charge is -2.57. The van der Waals surface area contributed by atoms with Gasteiger partial charge in [0.25, 0.3) is 0 Å². The van der Waals surface area contributed by atoms with Crippen LogP contribution in [0, 0.1) is 28.6 Å². The maximum atomic E-state index is 12.4. The van der Waals surface area contributed by atoms with Crippen LogP contribution in [0.3, 0.4) is 0 Å². The highest BCUT2D eigenvalue weighted by atomic mass is 16.6. The average Bonchev–Trinajstić information content (AvgIpc) is 2.93. The summed E-state index contributed by atoms with van der Waals surface area (Å²) in [4.78, 5) is 24.3. The molecule has 0 aromatic carbocycles. The molecule has 5 nitrogen and oxygen atoms in total. The van der Waals surface area contributed by atoms with Gasteiger partial charge in [0.1, 0.15) is 12.2 Å². The van der Waals surface area contributed by atoms with E-state index < -0.39 is 17.5 Å². The summed E-state index contributed by atoms with van der Waals surface area (Å²) >= 11 is 0. The molecule has 0 radical (unpaired) electrons. The number of ether oxygens (including phenoxy) is 2. The topological polar surface area (TPSA) is 72.8 Å². The third-order valence-electron chi connectivity index (χ3n) is 8.24. The van der Waals surface area contributed by atoms with Crippen molar-refractivity contribution in [3.05, 3.63) is 0 Å². The van der Waals surface area contributed by atoms with Crippen LogP contribution >= 0.6 is 0 Å². The number of aliphatic hydroxyl groups is 1. The molecule has 7 atom stereocenters. The second-order valence-electron chi connectivity index (χ2n) is 9.28. The Morgan fingerprint density at radius 2 is 1.88 bits per heavy atom. The van der Waals surface area contributed by atoms with E-state index in [9.17, 15) is 14.7 Å². The number of esters is 2. The maximum Gasteiger partial charge on any atom is 0.335 e. The summed E-state index contributed by atoms with van der Waals surface area (Å²) in [5, 5.41) is 10.6. The first kappa shape index (κ1) is 15.2. The molecule has 5 heteroatoms. The molecule has 5 rings (SSSR count). The van der Waals surface area contributed by atoms with E-state index in [1.165, 1.54) is 0 Å². The van der Waals surface area contributed by atoms with Gasteiger partial charge in [0.05, 0.1) is 5.41 Å². The highest BCUT2D eigenvalue weighted by molar-refractivity contribution is 5.80. The molecule has 0 amide bonds. The predicted molar refractivity (Wildman–Crippen MR) is 83.7 cm³/mol. The molecule has 2 saturated heterocycles. The van der Waals surface area contributed by atoms with E-state index in [4.69, 9.17) is 9.47 Å². The fourth-order valence-electron chi connectivity index (χ4n) is 7.12. The smallest absolute Gasteiger partial charge is 0.335 e. The van der Waals surface area contributed by atoms with Gasteiger partial charge in [-0.05, 0) is 57.3 Å². The van der Waals surface area contributed by atoms with Crippen LogP contribution in [0.25, 0.3) is 0 Å². The SMILES string of the molecule is CC12CCC3C4CCCC5(COC(=O)C5O)C4CCC3(C1)OC2=O. The zero-order valence-electron chi connectivity index (χ0n) is 14.3. The van der Waals surface area contributed by atoms with Crippen molar-refractivity contribution in [2.45, 2.75) is 70.0 Å². The molecule has 0 aromatic heterocycles. The van der Waals surface area contributed by atoms with Crippen LogP contribution in [-0.2, 0) is 19.1 Å². The largest absolute Gasteiger partial charge is 0.463 e. The van der Waals surface area contributed by atoms with Crippen molar-refractivity contribution in [2.24, 2.45) is 28.6 Å². The molecule has 3 saturated carbocycles. The van der Waals surface area contributed by atoms with Crippen LogP contribution < -0.4 is 0 Å². The first-order valence-corrected chi connectivity index (χ1v) is 9.48. The number of carbonyl (C=O) groups excluding carboxylic acids is 2. The summed E-state index contributed by atoms with van der Waals surface area (Å²) in [7, 11) is 0. The molecule has 2 aliphatic heterocycles. The van der Waals surface area contributed by atoms with Crippen LogP contribution in [0.4, 0.5) is 0 Å². The summed E-state index contributed by atoms with van der Waals surface area (Å²) in [6.07, 6.45) is 6.65. The van der Waals surface area contributed by atoms with Gasteiger partial charge in [-0.15, -0.1) is 0 Å². The normalized spacial score (nSPS) is 55.8. The number of hydrogen-bond acceptors (Lipinski definition) is 5. The minimum absolute atomic E-state index is 0.00613. The van der Waals surface area contributed by atoms with Gasteiger partial charge in [-0.1, -0.05) is 6.42 Å². The molecule has 7 unspecified atom stereocenters. The first-order chi connectivity index (χ1) is 11.4. The summed E-state index contributed by atoms with van der Waals surface area (Å²) in [5.74, 6) is 0.683. The Hall–Kier alpha value is -1.10. The van der Waals surface area contributed by atoms with Crippen LogP contribution in [0.15, 0.2) is 0 Å². The predicted octanol–water partition coefficient (Wildman–Crippen LogP) is 2.20. The Balaban J connectivity index is 1.50. The molecular weight excluding hydrogens is 308 g/mol. The van der Waals surface area contributed by atoms with Gasteiger partial charge in [-0.3, -0.25) is 4.79 Å². The molecule has 3 aliphatic carbocycles. The van der Waals surface area contributed by atoms with Crippen molar-refractivity contribution >= 4 is 11.9 Å². The molecule has 24 heavy (non-hydrogen) atoms. The molecule has 2 bridgehead atoms. The van der Waals surface area contributed by atoms with Crippen LogP contribution in [0.2, 0.25) is 0 Å². The Kier molecular flexibility index (Phi) is 2.87. The molecule has 5 fully saturated rings. The number of aliphatic hydroxyl groups excluding tert-OH is 1. The Labute approximate surface area is 142 Å². The number of hydrogen-bond donors (Lipinski definition) is 1. The summed E-state index contributed by atoms with van der Waals surface area (Å²) in [6, 6.07) is 0.